The van der Waals surface area contributed by atoms with Gasteiger partial charge in [0.25, 0.3) is 0 Å². The summed E-state index contributed by atoms with van der Waals surface area (Å²) in [6.07, 6.45) is 3.41. The van der Waals surface area contributed by atoms with Crippen LogP contribution < -0.4 is 0 Å². The molecule has 3 atom stereocenters. The van der Waals surface area contributed by atoms with Crippen molar-refractivity contribution in [2.45, 2.75) is 57.7 Å². The number of fused-ring (bicyclic) bond motifs is 2. The predicted molar refractivity (Wildman–Crippen MR) is 67.6 cm³/mol. The van der Waals surface area contributed by atoms with Crippen molar-refractivity contribution < 1.29 is 22.5 Å². The molecule has 1 saturated heterocycles. The summed E-state index contributed by atoms with van der Waals surface area (Å²) in [6, 6.07) is -0.171. The van der Waals surface area contributed by atoms with E-state index in [1.165, 1.54) is 0 Å². The van der Waals surface area contributed by atoms with E-state index in [0.717, 1.165) is 12.8 Å². The van der Waals surface area contributed by atoms with Crippen LogP contribution in [-0.2, 0) is 20.3 Å². The van der Waals surface area contributed by atoms with Crippen LogP contribution in [0.1, 0.15) is 40.0 Å². The number of hydrogen-bond acceptors (Lipinski definition) is 5. The highest BCUT2D eigenvalue weighted by Gasteiger charge is 2.42. The minimum Gasteiger partial charge on any atom is -0.740 e. The molecular weight excluding hydrogens is 270 g/mol. The average molecular weight is 288 g/mol. The van der Waals surface area contributed by atoms with E-state index in [1.54, 1.807) is 11.0 Å². The van der Waals surface area contributed by atoms with Gasteiger partial charge in [-0.05, 0) is 39.7 Å². The highest BCUT2D eigenvalue weighted by Crippen LogP contribution is 2.36. The van der Waals surface area contributed by atoms with Crippen LogP contribution in [-0.4, -0.2) is 37.4 Å². The number of nitrogens with zero attached hydrogens (tertiary/aromatic N) is 1. The second-order valence-corrected chi connectivity index (χ2v) is 6.39. The van der Waals surface area contributed by atoms with Gasteiger partial charge in [0.15, 0.2) is 0 Å². The van der Waals surface area contributed by atoms with Gasteiger partial charge in [0.2, 0.25) is 0 Å². The van der Waals surface area contributed by atoms with Crippen molar-refractivity contribution in [3.63, 3.8) is 0 Å². The highest BCUT2D eigenvalue weighted by molar-refractivity contribution is 7.74. The number of rotatable bonds is 2. The van der Waals surface area contributed by atoms with Crippen molar-refractivity contribution in [2.75, 3.05) is 0 Å². The topological polar surface area (TPSA) is 78.9 Å². The summed E-state index contributed by atoms with van der Waals surface area (Å²) in [5.74, 6) is 0.417. The van der Waals surface area contributed by atoms with Gasteiger partial charge in [-0.2, -0.15) is 0 Å². The van der Waals surface area contributed by atoms with E-state index in [0.29, 0.717) is 12.2 Å². The molecular formula is C12H18NO5S-. The van der Waals surface area contributed by atoms with E-state index in [-0.39, 0.29) is 18.2 Å². The van der Waals surface area contributed by atoms with E-state index >= 15 is 0 Å². The Bertz CT molecular complexity index is 428. The second-order valence-electron chi connectivity index (χ2n) is 5.81. The maximum Gasteiger partial charge on any atom is 0.411 e. The zero-order valence-electron chi connectivity index (χ0n) is 11.3. The molecule has 0 spiro atoms. The molecule has 0 aliphatic carbocycles. The van der Waals surface area contributed by atoms with Crippen LogP contribution in [0.15, 0.2) is 11.8 Å². The molecule has 0 N–H and O–H groups in total. The maximum absolute atomic E-state index is 12.1. The van der Waals surface area contributed by atoms with Crippen LogP contribution in [0.2, 0.25) is 0 Å². The number of amides is 1. The molecule has 2 aliphatic heterocycles. The zero-order chi connectivity index (χ0) is 14.2. The molecule has 7 heteroatoms. The lowest BCUT2D eigenvalue weighted by Crippen LogP contribution is -2.45. The Hall–Kier alpha value is -1.08. The Kier molecular flexibility index (Phi) is 3.87. The van der Waals surface area contributed by atoms with Crippen LogP contribution in [0.4, 0.5) is 4.79 Å². The second kappa shape index (κ2) is 5.13. The molecule has 1 fully saturated rings. The maximum atomic E-state index is 12.1. The molecule has 2 aliphatic rings. The number of carbonyl (C=O) groups excluding carboxylic acids is 1. The molecule has 0 aromatic heterocycles. The third-order valence-electron chi connectivity index (χ3n) is 3.14. The number of ether oxygens (including phenoxy) is 1. The quantitative estimate of drug-likeness (QED) is 0.725. The lowest BCUT2D eigenvalue weighted by atomic mass is 10.1. The van der Waals surface area contributed by atoms with Gasteiger partial charge < -0.3 is 13.5 Å². The molecule has 0 aromatic carbocycles. The largest absolute Gasteiger partial charge is 0.740 e. The van der Waals surface area contributed by atoms with Gasteiger partial charge in [-0.25, -0.2) is 9.00 Å². The fourth-order valence-corrected chi connectivity index (χ4v) is 2.84. The summed E-state index contributed by atoms with van der Waals surface area (Å²) in [5, 5.41) is 0. The van der Waals surface area contributed by atoms with Crippen molar-refractivity contribution in [1.82, 2.24) is 4.90 Å². The average Bonchev–Trinajstić information content (AvgIpc) is 2.47. The monoisotopic (exact) mass is 288 g/mol. The first-order chi connectivity index (χ1) is 8.76. The molecule has 0 saturated carbocycles. The molecule has 19 heavy (non-hydrogen) atoms. The minimum atomic E-state index is -2.56. The first kappa shape index (κ1) is 14.3. The van der Waals surface area contributed by atoms with Gasteiger partial charge in [0.1, 0.15) is 22.7 Å². The van der Waals surface area contributed by atoms with Gasteiger partial charge >= 0.3 is 6.09 Å². The predicted octanol–water partition coefficient (Wildman–Crippen LogP) is 1.85. The Balaban J connectivity index is 2.08. The van der Waals surface area contributed by atoms with E-state index in [4.69, 9.17) is 8.92 Å². The molecule has 2 rings (SSSR count). The Morgan fingerprint density at radius 3 is 2.68 bits per heavy atom. The molecule has 2 heterocycles. The lowest BCUT2D eigenvalue weighted by Gasteiger charge is -2.34. The van der Waals surface area contributed by atoms with Gasteiger partial charge in [-0.1, -0.05) is 0 Å². The summed E-state index contributed by atoms with van der Waals surface area (Å²) in [6.45, 7) is 5.46. The summed E-state index contributed by atoms with van der Waals surface area (Å²) < 4.78 is 31.1. The number of hydrogen-bond donors (Lipinski definition) is 0. The molecule has 2 bridgehead atoms. The summed E-state index contributed by atoms with van der Waals surface area (Å²) >= 11 is -2.56. The first-order valence-corrected chi connectivity index (χ1v) is 7.26. The third-order valence-corrected chi connectivity index (χ3v) is 3.49. The van der Waals surface area contributed by atoms with Crippen LogP contribution in [0, 0.1) is 0 Å². The molecule has 108 valence electrons. The highest BCUT2D eigenvalue weighted by atomic mass is 32.2. The first-order valence-electron chi connectivity index (χ1n) is 6.26. The van der Waals surface area contributed by atoms with Crippen molar-refractivity contribution in [2.24, 2.45) is 0 Å². The van der Waals surface area contributed by atoms with Crippen molar-refractivity contribution >= 4 is 17.5 Å². The van der Waals surface area contributed by atoms with Crippen LogP contribution in [0.25, 0.3) is 0 Å². The molecule has 0 radical (unpaired) electrons. The van der Waals surface area contributed by atoms with Gasteiger partial charge in [0, 0.05) is 12.5 Å². The fraction of sp³-hybridized carbons (Fsp3) is 0.750. The standard InChI is InChI=1S/C12H19NO5S/c1-12(2,3)17-11(14)13-8-4-5-9(13)7-10(6-8)18-19(15)16/h6,8-9H,4-5,7H2,1-3H3,(H,15,16)/p-1. The SMILES string of the molecule is CC(C)(C)OC(=O)N1C2C=C(OS(=O)[O-])CC1CC2. The Morgan fingerprint density at radius 2 is 2.16 bits per heavy atom. The zero-order valence-corrected chi connectivity index (χ0v) is 12.1. The minimum absolute atomic E-state index is 0.0385. The van der Waals surface area contributed by atoms with E-state index < -0.39 is 17.0 Å². The van der Waals surface area contributed by atoms with Crippen molar-refractivity contribution in [1.29, 1.82) is 0 Å². The van der Waals surface area contributed by atoms with Gasteiger partial charge in [0.05, 0.1) is 6.04 Å². The van der Waals surface area contributed by atoms with Crippen LogP contribution in [0.3, 0.4) is 0 Å². The van der Waals surface area contributed by atoms with E-state index in [1.807, 2.05) is 20.8 Å². The molecule has 1 amide bonds. The molecule has 0 aromatic rings. The lowest BCUT2D eigenvalue weighted by molar-refractivity contribution is 0.0155. The summed E-state index contributed by atoms with van der Waals surface area (Å²) in [4.78, 5) is 13.8. The number of carbonyl (C=O) groups is 1. The summed E-state index contributed by atoms with van der Waals surface area (Å²) in [7, 11) is 0. The van der Waals surface area contributed by atoms with Gasteiger partial charge in [-0.15, -0.1) is 0 Å². The smallest absolute Gasteiger partial charge is 0.411 e. The van der Waals surface area contributed by atoms with E-state index in [2.05, 4.69) is 0 Å². The van der Waals surface area contributed by atoms with Crippen molar-refractivity contribution in [3.8, 4) is 0 Å². The van der Waals surface area contributed by atoms with Crippen molar-refractivity contribution in [3.05, 3.63) is 11.8 Å². The Morgan fingerprint density at radius 1 is 1.47 bits per heavy atom. The third kappa shape index (κ3) is 3.48. The molecule has 6 nitrogen and oxygen atoms in total. The van der Waals surface area contributed by atoms with Crippen LogP contribution in [0.5, 0.6) is 0 Å². The van der Waals surface area contributed by atoms with E-state index in [9.17, 15) is 13.6 Å². The normalized spacial score (nSPS) is 27.8. The van der Waals surface area contributed by atoms with Gasteiger partial charge in [-0.3, -0.25) is 4.90 Å². The molecule has 3 unspecified atom stereocenters. The fourth-order valence-electron chi connectivity index (χ4n) is 2.54. The summed E-state index contributed by atoms with van der Waals surface area (Å²) in [5.41, 5.74) is -0.534. The van der Waals surface area contributed by atoms with Crippen LogP contribution >= 0.6 is 0 Å². The Labute approximate surface area is 115 Å².